The molecular formula is C28H42O3P+. The van der Waals surface area contributed by atoms with Crippen molar-refractivity contribution in [3.63, 3.8) is 0 Å². The van der Waals surface area contributed by atoms with E-state index in [1.807, 2.05) is 0 Å². The first-order valence-electron chi connectivity index (χ1n) is 11.8. The second-order valence-corrected chi connectivity index (χ2v) is 14.4. The van der Waals surface area contributed by atoms with Gasteiger partial charge in [0.1, 0.15) is 0 Å². The van der Waals surface area contributed by atoms with Gasteiger partial charge in [-0.3, -0.25) is 0 Å². The number of fused-ring (bicyclic) bond motifs is 2. The molecule has 1 aliphatic carbocycles. The minimum atomic E-state index is -2.31. The lowest BCUT2D eigenvalue weighted by molar-refractivity contribution is 0.281. The summed E-state index contributed by atoms with van der Waals surface area (Å²) in [5.74, 6) is 1.82. The monoisotopic (exact) mass is 457 g/mol. The third kappa shape index (κ3) is 4.84. The average molecular weight is 458 g/mol. The highest BCUT2D eigenvalue weighted by atomic mass is 31.1. The van der Waals surface area contributed by atoms with Crippen LogP contribution in [0.5, 0.6) is 5.75 Å². The number of rotatable bonds is 0. The van der Waals surface area contributed by atoms with Gasteiger partial charge in [-0.1, -0.05) is 95.2 Å². The van der Waals surface area contributed by atoms with Crippen LogP contribution < -0.4 is 4.52 Å². The van der Waals surface area contributed by atoms with Crippen LogP contribution in [0.25, 0.3) is 5.57 Å². The molecule has 0 saturated carbocycles. The molecule has 3 nitrogen and oxygen atoms in total. The summed E-state index contributed by atoms with van der Waals surface area (Å²) in [6.07, 6.45) is 3.19. The highest BCUT2D eigenvalue weighted by Gasteiger charge is 2.45. The Labute approximate surface area is 196 Å². The van der Waals surface area contributed by atoms with Crippen LogP contribution in [0.3, 0.4) is 0 Å². The smallest absolute Gasteiger partial charge is 0.222 e. The van der Waals surface area contributed by atoms with Gasteiger partial charge in [0.2, 0.25) is 5.75 Å². The van der Waals surface area contributed by atoms with E-state index in [1.54, 1.807) is 0 Å². The standard InChI is InChI=1S/C28H42O3P/c1-25(2,3)17-13-19-20-14-18(26(4,5)6)16-22(28(10,11)12)24(20)31-32(29)30-23(19)21(15-17)27(7,8)9/h13,15-16,18H,14H2,1-12H3/q+1. The van der Waals surface area contributed by atoms with Crippen molar-refractivity contribution in [2.24, 2.45) is 16.7 Å². The molecule has 0 aromatic heterocycles. The van der Waals surface area contributed by atoms with Crippen LogP contribution in [0.2, 0.25) is 0 Å². The van der Waals surface area contributed by atoms with Gasteiger partial charge in [-0.05, 0) is 45.6 Å². The summed E-state index contributed by atoms with van der Waals surface area (Å²) in [6, 6.07) is 4.49. The van der Waals surface area contributed by atoms with Crippen LogP contribution in [0.15, 0.2) is 29.5 Å². The van der Waals surface area contributed by atoms with Gasteiger partial charge in [-0.25, -0.2) is 9.05 Å². The van der Waals surface area contributed by atoms with Gasteiger partial charge in [-0.15, -0.1) is 0 Å². The highest BCUT2D eigenvalue weighted by Crippen LogP contribution is 2.55. The summed E-state index contributed by atoms with van der Waals surface area (Å²) in [4.78, 5) is 0. The lowest BCUT2D eigenvalue weighted by atomic mass is 9.68. The fourth-order valence-corrected chi connectivity index (χ4v) is 5.14. The van der Waals surface area contributed by atoms with Crippen molar-refractivity contribution in [3.05, 3.63) is 46.2 Å². The zero-order chi connectivity index (χ0) is 24.4. The van der Waals surface area contributed by atoms with Crippen LogP contribution in [0.4, 0.5) is 0 Å². The van der Waals surface area contributed by atoms with Crippen molar-refractivity contribution < 1.29 is 13.6 Å². The van der Waals surface area contributed by atoms with Gasteiger partial charge in [0.25, 0.3) is 0 Å². The molecule has 2 unspecified atom stereocenters. The van der Waals surface area contributed by atoms with E-state index in [0.29, 0.717) is 5.92 Å². The Bertz CT molecular complexity index is 999. The summed E-state index contributed by atoms with van der Waals surface area (Å²) < 4.78 is 25.2. The van der Waals surface area contributed by atoms with Gasteiger partial charge in [0.15, 0.2) is 5.76 Å². The highest BCUT2D eigenvalue weighted by molar-refractivity contribution is 7.34. The van der Waals surface area contributed by atoms with Crippen molar-refractivity contribution in [2.75, 3.05) is 0 Å². The maximum absolute atomic E-state index is 13.1. The molecule has 3 rings (SSSR count). The first-order chi connectivity index (χ1) is 14.3. The maximum atomic E-state index is 13.1. The molecule has 0 N–H and O–H groups in total. The lowest BCUT2D eigenvalue weighted by Gasteiger charge is -2.36. The predicted octanol–water partition coefficient (Wildman–Crippen LogP) is 9.10. The summed E-state index contributed by atoms with van der Waals surface area (Å²) in [5, 5.41) is 0. The number of allylic oxidation sites excluding steroid dienone is 3. The van der Waals surface area contributed by atoms with Gasteiger partial charge < -0.3 is 0 Å². The molecule has 0 fully saturated rings. The second kappa shape index (κ2) is 7.73. The Morgan fingerprint density at radius 1 is 0.812 bits per heavy atom. The van der Waals surface area contributed by atoms with Crippen molar-refractivity contribution in [3.8, 4) is 5.75 Å². The van der Waals surface area contributed by atoms with Crippen LogP contribution >= 0.6 is 8.25 Å². The molecule has 0 spiro atoms. The largest absolute Gasteiger partial charge is 0.805 e. The van der Waals surface area contributed by atoms with E-state index >= 15 is 0 Å². The summed E-state index contributed by atoms with van der Waals surface area (Å²) >= 11 is 0. The van der Waals surface area contributed by atoms with Crippen LogP contribution in [-0.4, -0.2) is 0 Å². The minimum absolute atomic E-state index is 0.0219. The first-order valence-corrected chi connectivity index (χ1v) is 12.9. The molecule has 1 aliphatic heterocycles. The lowest BCUT2D eigenvalue weighted by Crippen LogP contribution is -2.26. The molecule has 2 aliphatic rings. The Kier molecular flexibility index (Phi) is 6.04. The molecule has 4 heteroatoms. The van der Waals surface area contributed by atoms with Gasteiger partial charge in [-0.2, -0.15) is 0 Å². The van der Waals surface area contributed by atoms with Crippen molar-refractivity contribution >= 4 is 13.8 Å². The molecule has 1 aromatic rings. The minimum Gasteiger partial charge on any atom is -0.222 e. The Hall–Kier alpha value is -1.60. The SMILES string of the molecule is CC(C)(C)C1=CC(C(C)(C)C)CC2=C1O[P+](=O)Oc1c2cc(C(C)(C)C)cc1C(C)(C)C. The molecule has 0 bridgehead atoms. The summed E-state index contributed by atoms with van der Waals surface area (Å²) in [6.45, 7) is 26.8. The maximum Gasteiger partial charge on any atom is 0.805 e. The van der Waals surface area contributed by atoms with E-state index in [4.69, 9.17) is 9.05 Å². The molecule has 2 atom stereocenters. The van der Waals surface area contributed by atoms with Crippen molar-refractivity contribution in [2.45, 2.75) is 100 Å². The quantitative estimate of drug-likeness (QED) is 0.364. The van der Waals surface area contributed by atoms with Crippen molar-refractivity contribution in [1.29, 1.82) is 0 Å². The zero-order valence-corrected chi connectivity index (χ0v) is 23.1. The number of hydrogen-bond acceptors (Lipinski definition) is 3. The Balaban J connectivity index is 2.42. The third-order valence-electron chi connectivity index (χ3n) is 6.65. The average Bonchev–Trinajstić information content (AvgIpc) is 2.71. The Morgan fingerprint density at radius 3 is 1.88 bits per heavy atom. The molecular weight excluding hydrogens is 415 g/mol. The van der Waals surface area contributed by atoms with Gasteiger partial charge in [0.05, 0.1) is 0 Å². The predicted molar refractivity (Wildman–Crippen MR) is 135 cm³/mol. The van der Waals surface area contributed by atoms with Crippen LogP contribution in [0.1, 0.15) is 106 Å². The normalized spacial score (nSPS) is 21.2. The van der Waals surface area contributed by atoms with E-state index in [1.165, 1.54) is 5.56 Å². The fraction of sp³-hybridized carbons (Fsp3) is 0.643. The van der Waals surface area contributed by atoms with E-state index in [-0.39, 0.29) is 21.7 Å². The van der Waals surface area contributed by atoms with Crippen LogP contribution in [-0.2, 0) is 19.9 Å². The molecule has 0 amide bonds. The van der Waals surface area contributed by atoms with Crippen LogP contribution in [0, 0.1) is 16.7 Å². The number of hydrogen-bond donors (Lipinski definition) is 0. The molecule has 0 saturated heterocycles. The van der Waals surface area contributed by atoms with Crippen molar-refractivity contribution in [1.82, 2.24) is 0 Å². The summed E-state index contributed by atoms with van der Waals surface area (Å²) in [7, 11) is -2.31. The first kappa shape index (κ1) is 25.0. The van der Waals surface area contributed by atoms with E-state index in [2.05, 4.69) is 101 Å². The van der Waals surface area contributed by atoms with E-state index in [0.717, 1.165) is 40.2 Å². The molecule has 1 aromatic carbocycles. The molecule has 176 valence electrons. The molecule has 1 heterocycles. The third-order valence-corrected chi connectivity index (χ3v) is 7.31. The van der Waals surface area contributed by atoms with E-state index in [9.17, 15) is 4.57 Å². The fourth-order valence-electron chi connectivity index (χ4n) is 4.40. The zero-order valence-electron chi connectivity index (χ0n) is 22.2. The van der Waals surface area contributed by atoms with Gasteiger partial charge in [0, 0.05) is 26.8 Å². The van der Waals surface area contributed by atoms with E-state index < -0.39 is 8.25 Å². The number of benzene rings is 1. The molecule has 32 heavy (non-hydrogen) atoms. The summed E-state index contributed by atoms with van der Waals surface area (Å²) in [5.41, 5.74) is 5.41. The topological polar surface area (TPSA) is 35.5 Å². The van der Waals surface area contributed by atoms with Gasteiger partial charge >= 0.3 is 8.25 Å². The Morgan fingerprint density at radius 2 is 1.41 bits per heavy atom. The molecule has 0 radical (unpaired) electrons. The second-order valence-electron chi connectivity index (χ2n) is 13.6.